The summed E-state index contributed by atoms with van der Waals surface area (Å²) >= 11 is 0. The van der Waals surface area contributed by atoms with Crippen molar-refractivity contribution in [2.75, 3.05) is 24.6 Å². The molecule has 0 radical (unpaired) electrons. The molecule has 2 aromatic rings. The van der Waals surface area contributed by atoms with Gasteiger partial charge in [-0.2, -0.15) is 0 Å². The summed E-state index contributed by atoms with van der Waals surface area (Å²) in [5, 5.41) is 0. The average molecular weight is 298 g/mol. The van der Waals surface area contributed by atoms with Gasteiger partial charge in [-0.1, -0.05) is 0 Å². The lowest BCUT2D eigenvalue weighted by molar-refractivity contribution is 0.0621. The Hall–Kier alpha value is -2.86. The van der Waals surface area contributed by atoms with Crippen LogP contribution in [-0.4, -0.2) is 29.8 Å². The van der Waals surface area contributed by atoms with E-state index in [0.717, 1.165) is 4.90 Å². The minimum atomic E-state index is -0.410. The molecule has 2 rings (SSSR count). The lowest BCUT2D eigenvalue weighted by Gasteiger charge is -2.20. The first kappa shape index (κ1) is 15.5. The molecule has 2 amide bonds. The maximum absolute atomic E-state index is 12.5. The molecular formula is C16H18N4O2. The molecule has 2 aromatic carbocycles. The van der Waals surface area contributed by atoms with Gasteiger partial charge in [-0.25, -0.2) is 0 Å². The summed E-state index contributed by atoms with van der Waals surface area (Å²) < 4.78 is 0. The molecule has 0 saturated heterocycles. The highest BCUT2D eigenvalue weighted by molar-refractivity contribution is 6.10. The van der Waals surface area contributed by atoms with E-state index in [1.807, 2.05) is 0 Å². The fourth-order valence-corrected chi connectivity index (χ4v) is 1.99. The van der Waals surface area contributed by atoms with Crippen LogP contribution in [0.4, 0.5) is 11.4 Å². The summed E-state index contributed by atoms with van der Waals surface area (Å²) in [6.45, 7) is 0.313. The monoisotopic (exact) mass is 298 g/mol. The highest BCUT2D eigenvalue weighted by Gasteiger charge is 2.23. The van der Waals surface area contributed by atoms with Crippen molar-refractivity contribution < 1.29 is 9.59 Å². The number of imide groups is 1. The highest BCUT2D eigenvalue weighted by atomic mass is 16.2. The molecule has 6 N–H and O–H groups in total. The number of nitrogen functional groups attached to an aromatic ring is 2. The van der Waals surface area contributed by atoms with Gasteiger partial charge in [0.05, 0.1) is 0 Å². The zero-order valence-corrected chi connectivity index (χ0v) is 12.0. The second-order valence-electron chi connectivity index (χ2n) is 4.79. The van der Waals surface area contributed by atoms with E-state index in [2.05, 4.69) is 0 Å². The van der Waals surface area contributed by atoms with Crippen LogP contribution in [0.25, 0.3) is 0 Å². The maximum Gasteiger partial charge on any atom is 0.260 e. The van der Waals surface area contributed by atoms with Gasteiger partial charge in [0.1, 0.15) is 0 Å². The second kappa shape index (κ2) is 6.73. The molecule has 0 atom stereocenters. The first-order chi connectivity index (χ1) is 10.5. The van der Waals surface area contributed by atoms with Crippen molar-refractivity contribution in [1.29, 1.82) is 0 Å². The number of hydrogen-bond acceptors (Lipinski definition) is 5. The van der Waals surface area contributed by atoms with E-state index in [4.69, 9.17) is 17.2 Å². The first-order valence-corrected chi connectivity index (χ1v) is 6.80. The molecule has 22 heavy (non-hydrogen) atoms. The molecule has 0 aliphatic rings. The van der Waals surface area contributed by atoms with Gasteiger partial charge in [0.2, 0.25) is 0 Å². The van der Waals surface area contributed by atoms with Gasteiger partial charge < -0.3 is 17.2 Å². The minimum Gasteiger partial charge on any atom is -0.399 e. The molecule has 0 unspecified atom stereocenters. The third-order valence-corrected chi connectivity index (χ3v) is 3.16. The Morgan fingerprint density at radius 3 is 1.45 bits per heavy atom. The van der Waals surface area contributed by atoms with Crippen LogP contribution in [0.5, 0.6) is 0 Å². The molecule has 6 nitrogen and oxygen atoms in total. The van der Waals surface area contributed by atoms with Crippen LogP contribution in [-0.2, 0) is 0 Å². The van der Waals surface area contributed by atoms with Crippen molar-refractivity contribution in [2.24, 2.45) is 5.73 Å². The third-order valence-electron chi connectivity index (χ3n) is 3.16. The smallest absolute Gasteiger partial charge is 0.260 e. The van der Waals surface area contributed by atoms with Gasteiger partial charge in [0.25, 0.3) is 11.8 Å². The van der Waals surface area contributed by atoms with Crippen LogP contribution in [0.3, 0.4) is 0 Å². The fraction of sp³-hybridized carbons (Fsp3) is 0.125. The topological polar surface area (TPSA) is 115 Å². The minimum absolute atomic E-state index is 0.131. The van der Waals surface area contributed by atoms with Gasteiger partial charge in [0, 0.05) is 35.6 Å². The van der Waals surface area contributed by atoms with Gasteiger partial charge in [-0.3, -0.25) is 14.5 Å². The van der Waals surface area contributed by atoms with Crippen molar-refractivity contribution in [3.8, 4) is 0 Å². The van der Waals surface area contributed by atoms with E-state index >= 15 is 0 Å². The number of hydrogen-bond donors (Lipinski definition) is 3. The Morgan fingerprint density at radius 2 is 1.14 bits per heavy atom. The number of anilines is 2. The summed E-state index contributed by atoms with van der Waals surface area (Å²) in [4.78, 5) is 26.1. The SMILES string of the molecule is NCCN(C(=O)c1ccc(N)cc1)C(=O)c1ccc(N)cc1. The van der Waals surface area contributed by atoms with Crippen LogP contribution in [0, 0.1) is 0 Å². The summed E-state index contributed by atoms with van der Waals surface area (Å²) in [7, 11) is 0. The van der Waals surface area contributed by atoms with Crippen molar-refractivity contribution in [3.63, 3.8) is 0 Å². The van der Waals surface area contributed by atoms with Gasteiger partial charge >= 0.3 is 0 Å². The van der Waals surface area contributed by atoms with Crippen molar-refractivity contribution >= 4 is 23.2 Å². The molecule has 0 fully saturated rings. The van der Waals surface area contributed by atoms with Crippen molar-refractivity contribution in [1.82, 2.24) is 4.90 Å². The maximum atomic E-state index is 12.5. The Bertz CT molecular complexity index is 608. The molecule has 0 aliphatic heterocycles. The Labute approximate surface area is 128 Å². The quantitative estimate of drug-likeness (QED) is 0.577. The molecule has 0 aliphatic carbocycles. The predicted octanol–water partition coefficient (Wildman–Crippen LogP) is 1.09. The lowest BCUT2D eigenvalue weighted by Crippen LogP contribution is -2.40. The van der Waals surface area contributed by atoms with Gasteiger partial charge in [-0.15, -0.1) is 0 Å². The van der Waals surface area contributed by atoms with Crippen molar-refractivity contribution in [2.45, 2.75) is 0 Å². The number of nitrogens with two attached hydrogens (primary N) is 3. The number of rotatable bonds is 4. The Kier molecular flexibility index (Phi) is 4.75. The molecule has 6 heteroatoms. The molecular weight excluding hydrogens is 280 g/mol. The number of carbonyl (C=O) groups is 2. The summed E-state index contributed by atoms with van der Waals surface area (Å²) in [6.07, 6.45) is 0. The molecule has 0 saturated carbocycles. The fourth-order valence-electron chi connectivity index (χ4n) is 1.99. The predicted molar refractivity (Wildman–Crippen MR) is 86.1 cm³/mol. The molecule has 114 valence electrons. The third kappa shape index (κ3) is 3.42. The van der Waals surface area contributed by atoms with E-state index in [1.54, 1.807) is 48.5 Å². The zero-order chi connectivity index (χ0) is 16.1. The van der Waals surface area contributed by atoms with Crippen LogP contribution in [0.1, 0.15) is 20.7 Å². The highest BCUT2D eigenvalue weighted by Crippen LogP contribution is 2.13. The average Bonchev–Trinajstić information content (AvgIpc) is 2.53. The van der Waals surface area contributed by atoms with E-state index in [1.165, 1.54) is 0 Å². The standard InChI is InChI=1S/C16H18N4O2/c17-9-10-20(15(21)11-1-5-13(18)6-2-11)16(22)12-3-7-14(19)8-4-12/h1-8H,9-10,17-19H2. The largest absolute Gasteiger partial charge is 0.399 e. The Morgan fingerprint density at radius 1 is 0.773 bits per heavy atom. The van der Waals surface area contributed by atoms with E-state index in [0.29, 0.717) is 22.5 Å². The van der Waals surface area contributed by atoms with Gasteiger partial charge in [-0.05, 0) is 48.5 Å². The van der Waals surface area contributed by atoms with Crippen LogP contribution >= 0.6 is 0 Å². The second-order valence-corrected chi connectivity index (χ2v) is 4.79. The Balaban J connectivity index is 2.28. The molecule has 0 spiro atoms. The molecule has 0 aromatic heterocycles. The number of amides is 2. The molecule has 0 heterocycles. The molecule has 0 bridgehead atoms. The van der Waals surface area contributed by atoms with Gasteiger partial charge in [0.15, 0.2) is 0 Å². The van der Waals surface area contributed by atoms with Crippen molar-refractivity contribution in [3.05, 3.63) is 59.7 Å². The normalized spacial score (nSPS) is 10.2. The van der Waals surface area contributed by atoms with Crippen LogP contribution in [0.2, 0.25) is 0 Å². The summed E-state index contributed by atoms with van der Waals surface area (Å²) in [5.74, 6) is -0.820. The zero-order valence-electron chi connectivity index (χ0n) is 12.0. The van der Waals surface area contributed by atoms with Crippen LogP contribution in [0.15, 0.2) is 48.5 Å². The van der Waals surface area contributed by atoms with E-state index in [-0.39, 0.29) is 13.1 Å². The van der Waals surface area contributed by atoms with Crippen LogP contribution < -0.4 is 17.2 Å². The van der Waals surface area contributed by atoms with E-state index < -0.39 is 11.8 Å². The number of nitrogens with zero attached hydrogens (tertiary/aromatic N) is 1. The number of carbonyl (C=O) groups excluding carboxylic acids is 2. The lowest BCUT2D eigenvalue weighted by atomic mass is 10.1. The summed E-state index contributed by atoms with van der Waals surface area (Å²) in [6, 6.07) is 12.8. The van der Waals surface area contributed by atoms with E-state index in [9.17, 15) is 9.59 Å². The number of benzene rings is 2. The summed E-state index contributed by atoms with van der Waals surface area (Å²) in [5.41, 5.74) is 18.6. The first-order valence-electron chi connectivity index (χ1n) is 6.80.